The van der Waals surface area contributed by atoms with Crippen LogP contribution in [0.4, 0.5) is 4.39 Å². The Kier molecular flexibility index (Phi) is 5.31. The van der Waals surface area contributed by atoms with Crippen LogP contribution >= 0.6 is 11.3 Å². The van der Waals surface area contributed by atoms with Gasteiger partial charge in [0, 0.05) is 11.8 Å². The molecular formula is C18H16FNOS2. The average molecular weight is 345 g/mol. The van der Waals surface area contributed by atoms with Gasteiger partial charge in [0.1, 0.15) is 5.82 Å². The van der Waals surface area contributed by atoms with Crippen molar-refractivity contribution in [1.82, 2.24) is 4.98 Å². The summed E-state index contributed by atoms with van der Waals surface area (Å²) in [4.78, 5) is 4.77. The lowest BCUT2D eigenvalue weighted by atomic mass is 10.1. The maximum Gasteiger partial charge on any atom is 0.139 e. The van der Waals surface area contributed by atoms with Gasteiger partial charge in [0.25, 0.3) is 0 Å². The van der Waals surface area contributed by atoms with E-state index in [1.807, 2.05) is 23.6 Å². The highest BCUT2D eigenvalue weighted by Crippen LogP contribution is 2.18. The topological polar surface area (TPSA) is 30.0 Å². The zero-order chi connectivity index (χ0) is 16.1. The highest BCUT2D eigenvalue weighted by molar-refractivity contribution is 7.84. The van der Waals surface area contributed by atoms with E-state index in [-0.39, 0.29) is 10.6 Å². The first-order valence-corrected chi connectivity index (χ1v) is 9.52. The highest BCUT2D eigenvalue weighted by atomic mass is 32.2. The van der Waals surface area contributed by atoms with Crippen molar-refractivity contribution in [3.63, 3.8) is 0 Å². The van der Waals surface area contributed by atoms with E-state index in [1.165, 1.54) is 11.6 Å². The number of aryl methyl sites for hydroxylation is 2. The third-order valence-electron chi connectivity index (χ3n) is 3.43. The smallest absolute Gasteiger partial charge is 0.139 e. The Morgan fingerprint density at radius 3 is 2.52 bits per heavy atom. The molecular weight excluding hydrogens is 329 g/mol. The van der Waals surface area contributed by atoms with E-state index < -0.39 is 16.6 Å². The second-order valence-electron chi connectivity index (χ2n) is 5.14. The van der Waals surface area contributed by atoms with Crippen LogP contribution in [0.5, 0.6) is 0 Å². The molecule has 1 aromatic heterocycles. The maximum absolute atomic E-state index is 13.6. The van der Waals surface area contributed by atoms with Crippen molar-refractivity contribution in [2.45, 2.75) is 23.5 Å². The molecule has 0 saturated carbocycles. The van der Waals surface area contributed by atoms with Gasteiger partial charge in [0.05, 0.1) is 32.1 Å². The van der Waals surface area contributed by atoms with Crippen LogP contribution in [0.3, 0.4) is 0 Å². The van der Waals surface area contributed by atoms with E-state index in [2.05, 4.69) is 17.1 Å². The first-order valence-electron chi connectivity index (χ1n) is 7.32. The normalized spacial score (nSPS) is 12.2. The lowest BCUT2D eigenvalue weighted by Gasteiger charge is -2.01. The van der Waals surface area contributed by atoms with Crippen molar-refractivity contribution in [1.29, 1.82) is 0 Å². The number of hydrogen-bond acceptors (Lipinski definition) is 3. The number of benzene rings is 2. The van der Waals surface area contributed by atoms with E-state index >= 15 is 0 Å². The van der Waals surface area contributed by atoms with Crippen LogP contribution in [0.2, 0.25) is 0 Å². The molecule has 0 amide bonds. The fourth-order valence-electron chi connectivity index (χ4n) is 2.27. The fraction of sp³-hybridized carbons (Fsp3) is 0.167. The molecule has 2 aromatic carbocycles. The van der Waals surface area contributed by atoms with Gasteiger partial charge >= 0.3 is 0 Å². The summed E-state index contributed by atoms with van der Waals surface area (Å²) < 4.78 is 25.9. The van der Waals surface area contributed by atoms with Crippen molar-refractivity contribution >= 4 is 22.1 Å². The number of hydrogen-bond donors (Lipinski definition) is 0. The van der Waals surface area contributed by atoms with Gasteiger partial charge in [0.15, 0.2) is 0 Å². The van der Waals surface area contributed by atoms with Crippen LogP contribution in [-0.2, 0) is 29.4 Å². The van der Waals surface area contributed by atoms with Gasteiger partial charge < -0.3 is 0 Å². The van der Waals surface area contributed by atoms with E-state index in [0.29, 0.717) is 0 Å². The lowest BCUT2D eigenvalue weighted by molar-refractivity contribution is 0.595. The number of nitrogens with zero attached hydrogens (tertiary/aromatic N) is 1. The molecule has 0 fully saturated rings. The average Bonchev–Trinajstić information content (AvgIpc) is 3.02. The van der Waals surface area contributed by atoms with Gasteiger partial charge in [-0.25, -0.2) is 9.37 Å². The first-order chi connectivity index (χ1) is 11.2. The zero-order valence-corrected chi connectivity index (χ0v) is 14.1. The quantitative estimate of drug-likeness (QED) is 0.664. The lowest BCUT2D eigenvalue weighted by Crippen LogP contribution is -2.00. The number of thiazole rings is 1. The SMILES string of the molecule is O=S(Cc1csc(CCc2ccccc2)n1)c1ccccc1F. The summed E-state index contributed by atoms with van der Waals surface area (Å²) in [5.41, 5.74) is 2.04. The molecule has 0 radical (unpaired) electrons. The van der Waals surface area contributed by atoms with Gasteiger partial charge in [-0.2, -0.15) is 0 Å². The monoisotopic (exact) mass is 345 g/mol. The summed E-state index contributed by atoms with van der Waals surface area (Å²) >= 11 is 1.57. The minimum Gasteiger partial charge on any atom is -0.254 e. The molecule has 1 atom stereocenters. The largest absolute Gasteiger partial charge is 0.254 e. The summed E-state index contributed by atoms with van der Waals surface area (Å²) in [7, 11) is -1.40. The summed E-state index contributed by atoms with van der Waals surface area (Å²) in [6.45, 7) is 0. The van der Waals surface area contributed by atoms with Crippen molar-refractivity contribution in [2.75, 3.05) is 0 Å². The standard InChI is InChI=1S/C18H16FNOS2/c19-16-8-4-5-9-17(16)23(21)13-15-12-22-18(20-15)11-10-14-6-2-1-3-7-14/h1-9,12H,10-11,13H2. The Labute approximate surface area is 141 Å². The molecule has 2 nitrogen and oxygen atoms in total. The molecule has 3 rings (SSSR count). The van der Waals surface area contributed by atoms with Crippen LogP contribution in [0.1, 0.15) is 16.3 Å². The molecule has 0 N–H and O–H groups in total. The van der Waals surface area contributed by atoms with E-state index in [9.17, 15) is 8.60 Å². The molecule has 0 aliphatic rings. The minimum atomic E-state index is -1.40. The minimum absolute atomic E-state index is 0.242. The Morgan fingerprint density at radius 2 is 1.74 bits per heavy atom. The van der Waals surface area contributed by atoms with Crippen molar-refractivity contribution < 1.29 is 8.60 Å². The third kappa shape index (κ3) is 4.33. The van der Waals surface area contributed by atoms with E-state index in [0.717, 1.165) is 23.5 Å². The summed E-state index contributed by atoms with van der Waals surface area (Å²) in [6.07, 6.45) is 1.80. The summed E-state index contributed by atoms with van der Waals surface area (Å²) in [5, 5.41) is 2.94. The van der Waals surface area contributed by atoms with Crippen LogP contribution in [0.25, 0.3) is 0 Å². The first kappa shape index (κ1) is 16.0. The van der Waals surface area contributed by atoms with Crippen LogP contribution in [-0.4, -0.2) is 9.19 Å². The highest BCUT2D eigenvalue weighted by Gasteiger charge is 2.12. The van der Waals surface area contributed by atoms with Gasteiger partial charge in [-0.15, -0.1) is 11.3 Å². The second kappa shape index (κ2) is 7.62. The molecule has 23 heavy (non-hydrogen) atoms. The molecule has 1 unspecified atom stereocenters. The van der Waals surface area contributed by atoms with Gasteiger partial charge in [0.2, 0.25) is 0 Å². The van der Waals surface area contributed by atoms with Crippen LogP contribution < -0.4 is 0 Å². The van der Waals surface area contributed by atoms with Crippen molar-refractivity contribution in [3.8, 4) is 0 Å². The fourth-order valence-corrected chi connectivity index (χ4v) is 4.26. The molecule has 3 aromatic rings. The molecule has 0 aliphatic heterocycles. The van der Waals surface area contributed by atoms with Crippen molar-refractivity contribution in [2.24, 2.45) is 0 Å². The molecule has 0 bridgehead atoms. The maximum atomic E-state index is 13.6. The predicted octanol–water partition coefficient (Wildman–Crippen LogP) is 4.38. The second-order valence-corrected chi connectivity index (χ2v) is 7.50. The Morgan fingerprint density at radius 1 is 1.00 bits per heavy atom. The van der Waals surface area contributed by atoms with E-state index in [1.54, 1.807) is 29.5 Å². The van der Waals surface area contributed by atoms with Crippen LogP contribution in [0.15, 0.2) is 64.9 Å². The van der Waals surface area contributed by atoms with Crippen LogP contribution in [0, 0.1) is 5.82 Å². The third-order valence-corrected chi connectivity index (χ3v) is 5.77. The molecule has 5 heteroatoms. The molecule has 0 aliphatic carbocycles. The Balaban J connectivity index is 1.61. The number of aromatic nitrogens is 1. The van der Waals surface area contributed by atoms with Gasteiger partial charge in [-0.3, -0.25) is 4.21 Å². The molecule has 118 valence electrons. The van der Waals surface area contributed by atoms with Crippen molar-refractivity contribution in [3.05, 3.63) is 82.1 Å². The zero-order valence-electron chi connectivity index (χ0n) is 12.4. The Hall–Kier alpha value is -1.85. The number of halogens is 1. The molecule has 1 heterocycles. The predicted molar refractivity (Wildman–Crippen MR) is 92.5 cm³/mol. The molecule has 0 saturated heterocycles. The number of rotatable bonds is 6. The molecule has 0 spiro atoms. The summed E-state index contributed by atoms with van der Waals surface area (Å²) in [5.74, 6) is -0.173. The van der Waals surface area contributed by atoms with Gasteiger partial charge in [-0.05, 0) is 24.1 Å². The van der Waals surface area contributed by atoms with E-state index in [4.69, 9.17) is 0 Å². The van der Waals surface area contributed by atoms with Gasteiger partial charge in [-0.1, -0.05) is 42.5 Å². The summed E-state index contributed by atoms with van der Waals surface area (Å²) in [6, 6.07) is 16.4. The Bertz CT molecular complexity index is 802.